The van der Waals surface area contributed by atoms with Gasteiger partial charge in [0, 0.05) is 61.2 Å². The number of alkyl halides is 3. The molecule has 2 aliphatic rings. The Morgan fingerprint density at radius 1 is 1.09 bits per heavy atom. The van der Waals surface area contributed by atoms with E-state index in [1.54, 1.807) is 30.6 Å². The second-order valence-electron chi connectivity index (χ2n) is 9.67. The third-order valence-electron chi connectivity index (χ3n) is 7.11. The number of benzene rings is 1. The lowest BCUT2D eigenvalue weighted by Gasteiger charge is -2.52. The van der Waals surface area contributed by atoms with Crippen LogP contribution in [0.2, 0.25) is 0 Å². The van der Waals surface area contributed by atoms with Gasteiger partial charge in [-0.15, -0.1) is 0 Å². The molecule has 5 rings (SSSR count). The molecule has 1 atom stereocenters. The van der Waals surface area contributed by atoms with Crippen LogP contribution in [0.1, 0.15) is 48.3 Å². The first-order chi connectivity index (χ1) is 16.7. The van der Waals surface area contributed by atoms with Gasteiger partial charge in [-0.3, -0.25) is 4.98 Å². The van der Waals surface area contributed by atoms with Crippen molar-refractivity contribution in [2.45, 2.75) is 43.9 Å². The Morgan fingerprint density at radius 2 is 1.80 bits per heavy atom. The first-order valence-corrected chi connectivity index (χ1v) is 11.6. The highest BCUT2D eigenvalue weighted by Crippen LogP contribution is 2.48. The first kappa shape index (κ1) is 23.9. The Balaban J connectivity index is 1.49. The molecule has 10 heteroatoms. The monoisotopic (exact) mass is 488 g/mol. The fourth-order valence-electron chi connectivity index (χ4n) is 4.94. The molecule has 0 spiro atoms. The Labute approximate surface area is 200 Å². The van der Waals surface area contributed by atoms with Crippen LogP contribution in [0.15, 0.2) is 47.2 Å². The maximum atomic E-state index is 12.8. The molecule has 2 aromatic heterocycles. The van der Waals surface area contributed by atoms with Crippen molar-refractivity contribution in [2.75, 3.05) is 26.3 Å². The summed E-state index contributed by atoms with van der Waals surface area (Å²) in [5, 5.41) is 19.5. The number of nitrogens with zero attached hydrogens (tertiary/aromatic N) is 3. The number of rotatable bonds is 6. The molecular weight excluding hydrogens is 461 g/mol. The van der Waals surface area contributed by atoms with E-state index in [9.17, 15) is 18.3 Å². The second-order valence-corrected chi connectivity index (χ2v) is 9.67. The number of hydrogen-bond acceptors (Lipinski definition) is 7. The molecule has 0 amide bonds. The summed E-state index contributed by atoms with van der Waals surface area (Å²) in [5.41, 5.74) is -0.344. The second kappa shape index (κ2) is 9.00. The summed E-state index contributed by atoms with van der Waals surface area (Å²) in [7, 11) is 0. The number of aliphatic hydroxyl groups is 1. The van der Waals surface area contributed by atoms with Crippen molar-refractivity contribution in [1.29, 1.82) is 0 Å². The van der Waals surface area contributed by atoms with Crippen molar-refractivity contribution in [3.63, 3.8) is 0 Å². The molecule has 0 saturated carbocycles. The summed E-state index contributed by atoms with van der Waals surface area (Å²) in [5.74, 6) is 1.08. The molecule has 3 aromatic rings. The summed E-state index contributed by atoms with van der Waals surface area (Å²) in [6, 6.07) is 7.74. The van der Waals surface area contributed by atoms with Crippen LogP contribution in [0.4, 0.5) is 13.2 Å². The van der Waals surface area contributed by atoms with E-state index < -0.39 is 23.6 Å². The number of hydrogen-bond donors (Lipinski definition) is 2. The average molecular weight is 489 g/mol. The summed E-state index contributed by atoms with van der Waals surface area (Å²) in [6.07, 6.45) is -0.500. The molecule has 0 radical (unpaired) electrons. The normalized spacial score (nSPS) is 20.3. The van der Waals surface area contributed by atoms with Crippen molar-refractivity contribution in [3.05, 3.63) is 65.3 Å². The third kappa shape index (κ3) is 4.57. The SMILES string of the molecule is CC1([C@](O)(c2ccc(CC(F)(F)F)cc2)c2cncc(-c3noc(C4CCOCC4)n3)c2)CNC1. The van der Waals surface area contributed by atoms with Gasteiger partial charge in [0.2, 0.25) is 11.7 Å². The lowest BCUT2D eigenvalue weighted by molar-refractivity contribution is -0.127. The molecule has 7 nitrogen and oxygen atoms in total. The summed E-state index contributed by atoms with van der Waals surface area (Å²) in [4.78, 5) is 8.91. The van der Waals surface area contributed by atoms with Gasteiger partial charge in [-0.2, -0.15) is 18.2 Å². The van der Waals surface area contributed by atoms with Crippen molar-refractivity contribution in [3.8, 4) is 11.4 Å². The van der Waals surface area contributed by atoms with Gasteiger partial charge in [0.25, 0.3) is 0 Å². The number of aromatic nitrogens is 3. The quantitative estimate of drug-likeness (QED) is 0.542. The molecule has 186 valence electrons. The summed E-state index contributed by atoms with van der Waals surface area (Å²) < 4.78 is 49.4. The van der Waals surface area contributed by atoms with E-state index in [4.69, 9.17) is 9.26 Å². The fraction of sp³-hybridized carbons (Fsp3) is 0.480. The minimum atomic E-state index is -4.30. The summed E-state index contributed by atoms with van der Waals surface area (Å²) in [6.45, 7) is 4.32. The van der Waals surface area contributed by atoms with E-state index >= 15 is 0 Å². The Morgan fingerprint density at radius 3 is 2.43 bits per heavy atom. The molecule has 4 heterocycles. The van der Waals surface area contributed by atoms with E-state index in [1.807, 2.05) is 6.92 Å². The van der Waals surface area contributed by atoms with Gasteiger partial charge in [0.05, 0.1) is 6.42 Å². The molecule has 2 aliphatic heterocycles. The van der Waals surface area contributed by atoms with Crippen molar-refractivity contribution >= 4 is 0 Å². The number of nitrogens with one attached hydrogen (secondary N) is 1. The van der Waals surface area contributed by atoms with E-state index in [-0.39, 0.29) is 11.5 Å². The molecule has 2 fully saturated rings. The lowest BCUT2D eigenvalue weighted by atomic mass is 9.63. The topological polar surface area (TPSA) is 93.3 Å². The van der Waals surface area contributed by atoms with Crippen LogP contribution in [0.25, 0.3) is 11.4 Å². The Bertz CT molecular complexity index is 1170. The predicted molar refractivity (Wildman–Crippen MR) is 120 cm³/mol. The van der Waals surface area contributed by atoms with Crippen LogP contribution in [0.5, 0.6) is 0 Å². The largest absolute Gasteiger partial charge is 0.393 e. The number of pyridine rings is 1. The fourth-order valence-corrected chi connectivity index (χ4v) is 4.94. The molecule has 1 aromatic carbocycles. The molecule has 2 N–H and O–H groups in total. The van der Waals surface area contributed by atoms with Gasteiger partial charge in [-0.1, -0.05) is 36.3 Å². The minimum absolute atomic E-state index is 0.139. The molecule has 0 aliphatic carbocycles. The van der Waals surface area contributed by atoms with Gasteiger partial charge in [-0.05, 0) is 30.0 Å². The van der Waals surface area contributed by atoms with Crippen LogP contribution in [0.3, 0.4) is 0 Å². The molecule has 0 unspecified atom stereocenters. The average Bonchev–Trinajstić information content (AvgIpc) is 3.33. The van der Waals surface area contributed by atoms with Crippen LogP contribution < -0.4 is 5.32 Å². The van der Waals surface area contributed by atoms with Gasteiger partial charge >= 0.3 is 6.18 Å². The molecule has 0 bridgehead atoms. The maximum Gasteiger partial charge on any atom is 0.393 e. The highest BCUT2D eigenvalue weighted by atomic mass is 19.4. The zero-order chi connectivity index (χ0) is 24.7. The summed E-state index contributed by atoms with van der Waals surface area (Å²) >= 11 is 0. The molecule has 35 heavy (non-hydrogen) atoms. The van der Waals surface area contributed by atoms with Gasteiger partial charge in [-0.25, -0.2) is 0 Å². The Kier molecular flexibility index (Phi) is 6.14. The van der Waals surface area contributed by atoms with Crippen molar-refractivity contribution < 1.29 is 27.5 Å². The van der Waals surface area contributed by atoms with E-state index in [0.29, 0.717) is 54.7 Å². The standard InChI is InChI=1S/C25H27F3N4O3/c1-23(14-30-15-23)25(33,19-4-2-16(3-5-19)11-24(26,27)28)20-10-18(12-29-13-20)21-31-22(35-32-21)17-6-8-34-9-7-17/h2-5,10,12-13,17,30,33H,6-9,11,14-15H2,1H3/t25-/m0/s1. The van der Waals surface area contributed by atoms with Crippen LogP contribution in [-0.4, -0.2) is 52.7 Å². The van der Waals surface area contributed by atoms with Gasteiger partial charge in [0.1, 0.15) is 5.60 Å². The van der Waals surface area contributed by atoms with Crippen molar-refractivity contribution in [1.82, 2.24) is 20.4 Å². The van der Waals surface area contributed by atoms with Crippen LogP contribution in [-0.2, 0) is 16.8 Å². The maximum absolute atomic E-state index is 12.8. The van der Waals surface area contributed by atoms with Crippen molar-refractivity contribution in [2.24, 2.45) is 5.41 Å². The zero-order valence-electron chi connectivity index (χ0n) is 19.3. The van der Waals surface area contributed by atoms with Crippen LogP contribution >= 0.6 is 0 Å². The molecular formula is C25H27F3N4O3. The third-order valence-corrected chi connectivity index (χ3v) is 7.11. The Hall–Kier alpha value is -2.82. The predicted octanol–water partition coefficient (Wildman–Crippen LogP) is 3.98. The zero-order valence-corrected chi connectivity index (χ0v) is 19.3. The minimum Gasteiger partial charge on any atom is -0.381 e. The first-order valence-electron chi connectivity index (χ1n) is 11.6. The lowest BCUT2D eigenvalue weighted by Crippen LogP contribution is -2.63. The van der Waals surface area contributed by atoms with E-state index in [1.165, 1.54) is 12.1 Å². The number of ether oxygens (including phenoxy) is 1. The van der Waals surface area contributed by atoms with Gasteiger partial charge in [0.15, 0.2) is 0 Å². The van der Waals surface area contributed by atoms with E-state index in [2.05, 4.69) is 20.4 Å². The van der Waals surface area contributed by atoms with Crippen LogP contribution in [0, 0.1) is 5.41 Å². The smallest absolute Gasteiger partial charge is 0.381 e. The highest BCUT2D eigenvalue weighted by molar-refractivity contribution is 5.56. The van der Waals surface area contributed by atoms with Gasteiger partial charge < -0.3 is 19.7 Å². The van der Waals surface area contributed by atoms with E-state index in [0.717, 1.165) is 12.8 Å². The number of halogens is 3. The molecule has 2 saturated heterocycles. The highest BCUT2D eigenvalue weighted by Gasteiger charge is 2.53.